The van der Waals surface area contributed by atoms with Gasteiger partial charge < -0.3 is 10.1 Å². The van der Waals surface area contributed by atoms with Crippen molar-refractivity contribution >= 4 is 17.5 Å². The molecule has 1 aromatic rings. The van der Waals surface area contributed by atoms with Crippen molar-refractivity contribution in [3.05, 3.63) is 24.3 Å². The first-order valence-electron chi connectivity index (χ1n) is 9.04. The van der Waals surface area contributed by atoms with Crippen LogP contribution in [0.4, 0.5) is 5.69 Å². The fraction of sp³-hybridized carbons (Fsp3) is 0.579. The van der Waals surface area contributed by atoms with Crippen molar-refractivity contribution in [2.24, 2.45) is 0 Å². The number of benzene rings is 1. The number of carbonyl (C=O) groups excluding carboxylic acids is 2. The van der Waals surface area contributed by atoms with Gasteiger partial charge >= 0.3 is 0 Å². The summed E-state index contributed by atoms with van der Waals surface area (Å²) in [6.45, 7) is 2.71. The summed E-state index contributed by atoms with van der Waals surface area (Å²) in [5.41, 5.74) is 0.627. The normalized spacial score (nSPS) is 22.2. The lowest BCUT2D eigenvalue weighted by molar-refractivity contribution is -0.121. The predicted molar refractivity (Wildman–Crippen MR) is 93.1 cm³/mol. The van der Waals surface area contributed by atoms with Gasteiger partial charge in [0, 0.05) is 6.04 Å². The molecule has 130 valence electrons. The first kappa shape index (κ1) is 17.0. The number of rotatable bonds is 6. The van der Waals surface area contributed by atoms with E-state index in [1.54, 1.807) is 12.1 Å². The van der Waals surface area contributed by atoms with E-state index in [0.717, 1.165) is 25.0 Å². The Balaban J connectivity index is 1.65. The molecule has 1 saturated heterocycles. The molecule has 1 aliphatic carbocycles. The van der Waals surface area contributed by atoms with Gasteiger partial charge in [0.05, 0.1) is 24.8 Å². The molecule has 1 atom stereocenters. The first-order valence-corrected chi connectivity index (χ1v) is 9.04. The van der Waals surface area contributed by atoms with Gasteiger partial charge in [-0.2, -0.15) is 0 Å². The van der Waals surface area contributed by atoms with Gasteiger partial charge in [-0.05, 0) is 43.5 Å². The second-order valence-electron chi connectivity index (χ2n) is 6.67. The standard InChI is InChI=1S/C19H26N2O3/c1-2-12-24-16-10-8-15(9-11-16)21-18(22)13-17(19(21)23)20-14-6-4-3-5-7-14/h8-11,14,17,20H,2-7,12-13H2,1H3/t17-/m1/s1. The minimum absolute atomic E-state index is 0.129. The highest BCUT2D eigenvalue weighted by Crippen LogP contribution is 2.26. The van der Waals surface area contributed by atoms with Crippen molar-refractivity contribution in [2.75, 3.05) is 11.5 Å². The Morgan fingerprint density at radius 2 is 1.83 bits per heavy atom. The molecule has 1 heterocycles. The Morgan fingerprint density at radius 3 is 2.50 bits per heavy atom. The minimum Gasteiger partial charge on any atom is -0.494 e. The molecule has 5 nitrogen and oxygen atoms in total. The van der Waals surface area contributed by atoms with Crippen LogP contribution in [-0.4, -0.2) is 30.5 Å². The lowest BCUT2D eigenvalue weighted by Crippen LogP contribution is -2.44. The third-order valence-electron chi connectivity index (χ3n) is 4.76. The number of hydrogen-bond donors (Lipinski definition) is 1. The molecule has 0 unspecified atom stereocenters. The lowest BCUT2D eigenvalue weighted by atomic mass is 9.95. The summed E-state index contributed by atoms with van der Waals surface area (Å²) in [7, 11) is 0. The van der Waals surface area contributed by atoms with Crippen LogP contribution in [0.3, 0.4) is 0 Å². The van der Waals surface area contributed by atoms with Crippen LogP contribution in [0.2, 0.25) is 0 Å². The summed E-state index contributed by atoms with van der Waals surface area (Å²) >= 11 is 0. The monoisotopic (exact) mass is 330 g/mol. The summed E-state index contributed by atoms with van der Waals surface area (Å²) < 4.78 is 5.55. The SMILES string of the molecule is CCCOc1ccc(N2C(=O)C[C@@H](NC3CCCCC3)C2=O)cc1. The van der Waals surface area contributed by atoms with Gasteiger partial charge in [-0.3, -0.25) is 9.59 Å². The van der Waals surface area contributed by atoms with Crippen LogP contribution in [0.1, 0.15) is 51.9 Å². The molecule has 0 spiro atoms. The van der Waals surface area contributed by atoms with E-state index in [2.05, 4.69) is 12.2 Å². The van der Waals surface area contributed by atoms with Gasteiger partial charge in [-0.15, -0.1) is 0 Å². The first-order chi connectivity index (χ1) is 11.7. The van der Waals surface area contributed by atoms with Gasteiger partial charge in [0.15, 0.2) is 0 Å². The highest BCUT2D eigenvalue weighted by Gasteiger charge is 2.40. The Hall–Kier alpha value is -1.88. The molecule has 1 aliphatic heterocycles. The zero-order valence-electron chi connectivity index (χ0n) is 14.3. The van der Waals surface area contributed by atoms with E-state index < -0.39 is 0 Å². The van der Waals surface area contributed by atoms with E-state index in [1.807, 2.05) is 12.1 Å². The van der Waals surface area contributed by atoms with Gasteiger partial charge in [-0.1, -0.05) is 26.2 Å². The third kappa shape index (κ3) is 3.78. The van der Waals surface area contributed by atoms with E-state index in [9.17, 15) is 9.59 Å². The minimum atomic E-state index is -0.378. The quantitative estimate of drug-likeness (QED) is 0.815. The van der Waals surface area contributed by atoms with Crippen molar-refractivity contribution in [1.29, 1.82) is 0 Å². The number of anilines is 1. The molecule has 0 bridgehead atoms. The lowest BCUT2D eigenvalue weighted by Gasteiger charge is -2.25. The van der Waals surface area contributed by atoms with E-state index in [1.165, 1.54) is 24.2 Å². The zero-order chi connectivity index (χ0) is 16.9. The van der Waals surface area contributed by atoms with Crippen molar-refractivity contribution in [3.8, 4) is 5.75 Å². The number of nitrogens with zero attached hydrogens (tertiary/aromatic N) is 1. The third-order valence-corrected chi connectivity index (χ3v) is 4.76. The molecule has 5 heteroatoms. The molecule has 1 aromatic carbocycles. The van der Waals surface area contributed by atoms with Crippen LogP contribution >= 0.6 is 0 Å². The Labute approximate surface area is 143 Å². The smallest absolute Gasteiger partial charge is 0.251 e. The van der Waals surface area contributed by atoms with Crippen molar-refractivity contribution < 1.29 is 14.3 Å². The summed E-state index contributed by atoms with van der Waals surface area (Å²) in [6.07, 6.45) is 7.07. The van der Waals surface area contributed by atoms with E-state index in [4.69, 9.17) is 4.74 Å². The van der Waals surface area contributed by atoms with Crippen LogP contribution in [0.5, 0.6) is 5.75 Å². The molecule has 1 saturated carbocycles. The summed E-state index contributed by atoms with van der Waals surface area (Å²) in [6, 6.07) is 7.18. The number of ether oxygens (including phenoxy) is 1. The van der Waals surface area contributed by atoms with E-state index in [-0.39, 0.29) is 24.3 Å². The molecule has 2 amide bonds. The molecular formula is C19H26N2O3. The Bertz CT molecular complexity index is 579. The van der Waals surface area contributed by atoms with Crippen molar-refractivity contribution in [3.63, 3.8) is 0 Å². The molecule has 2 aliphatic rings. The molecule has 0 aromatic heterocycles. The van der Waals surface area contributed by atoms with Crippen LogP contribution in [0.15, 0.2) is 24.3 Å². The Kier molecular flexibility index (Phi) is 5.51. The largest absolute Gasteiger partial charge is 0.494 e. The number of imide groups is 1. The van der Waals surface area contributed by atoms with Crippen LogP contribution < -0.4 is 15.0 Å². The summed E-state index contributed by atoms with van der Waals surface area (Å²) in [5.74, 6) is 0.500. The highest BCUT2D eigenvalue weighted by atomic mass is 16.5. The van der Waals surface area contributed by atoms with Crippen molar-refractivity contribution in [2.45, 2.75) is 64.0 Å². The number of amides is 2. The van der Waals surface area contributed by atoms with E-state index >= 15 is 0 Å². The number of hydrogen-bond acceptors (Lipinski definition) is 4. The van der Waals surface area contributed by atoms with Crippen LogP contribution in [-0.2, 0) is 9.59 Å². The topological polar surface area (TPSA) is 58.6 Å². The number of carbonyl (C=O) groups is 2. The van der Waals surface area contributed by atoms with Gasteiger partial charge in [0.2, 0.25) is 5.91 Å². The predicted octanol–water partition coefficient (Wildman–Crippen LogP) is 3.03. The van der Waals surface area contributed by atoms with Crippen LogP contribution in [0, 0.1) is 0 Å². The Morgan fingerprint density at radius 1 is 1.12 bits per heavy atom. The van der Waals surface area contributed by atoms with Gasteiger partial charge in [0.25, 0.3) is 5.91 Å². The maximum absolute atomic E-state index is 12.7. The molecule has 0 radical (unpaired) electrons. The van der Waals surface area contributed by atoms with Gasteiger partial charge in [-0.25, -0.2) is 4.90 Å². The molecule has 1 N–H and O–H groups in total. The van der Waals surface area contributed by atoms with E-state index in [0.29, 0.717) is 18.3 Å². The van der Waals surface area contributed by atoms with Gasteiger partial charge in [0.1, 0.15) is 5.75 Å². The zero-order valence-corrected chi connectivity index (χ0v) is 14.3. The molecule has 24 heavy (non-hydrogen) atoms. The fourth-order valence-corrected chi connectivity index (χ4v) is 3.50. The molecular weight excluding hydrogens is 304 g/mol. The molecule has 3 rings (SSSR count). The second-order valence-corrected chi connectivity index (χ2v) is 6.67. The summed E-state index contributed by atoms with van der Waals surface area (Å²) in [5, 5.41) is 3.40. The maximum Gasteiger partial charge on any atom is 0.251 e. The van der Waals surface area contributed by atoms with Crippen LogP contribution in [0.25, 0.3) is 0 Å². The summed E-state index contributed by atoms with van der Waals surface area (Å²) in [4.78, 5) is 26.3. The average molecular weight is 330 g/mol. The highest BCUT2D eigenvalue weighted by molar-refractivity contribution is 6.22. The van der Waals surface area contributed by atoms with Crippen molar-refractivity contribution in [1.82, 2.24) is 5.32 Å². The fourth-order valence-electron chi connectivity index (χ4n) is 3.50. The molecule has 2 fully saturated rings. The average Bonchev–Trinajstić information content (AvgIpc) is 2.88. The maximum atomic E-state index is 12.7. The second kappa shape index (κ2) is 7.79. The number of nitrogens with one attached hydrogen (secondary N) is 1.